The topological polar surface area (TPSA) is 46.5 Å². The summed E-state index contributed by atoms with van der Waals surface area (Å²) >= 11 is 0. The van der Waals surface area contributed by atoms with E-state index < -0.39 is 12.6 Å². The van der Waals surface area contributed by atoms with Gasteiger partial charge in [0.15, 0.2) is 0 Å². The molecule has 4 heteroatoms. The van der Waals surface area contributed by atoms with Gasteiger partial charge in [-0.2, -0.15) is 0 Å². The van der Waals surface area contributed by atoms with Crippen molar-refractivity contribution in [1.82, 2.24) is 0 Å². The van der Waals surface area contributed by atoms with Crippen LogP contribution < -0.4 is 0 Å². The molecule has 0 spiro atoms. The third-order valence-corrected chi connectivity index (χ3v) is 0.434. The molecule has 0 fully saturated rings. The fraction of sp³-hybridized carbons (Fsp3) is 0.750. The third-order valence-electron chi connectivity index (χ3n) is 0.434. The van der Waals surface area contributed by atoms with E-state index in [9.17, 15) is 4.79 Å². The first-order chi connectivity index (χ1) is 3.31. The zero-order valence-corrected chi connectivity index (χ0v) is 6.30. The molecule has 46 valence electrons. The van der Waals surface area contributed by atoms with Crippen LogP contribution in [0.1, 0.15) is 9.78 Å². The van der Waals surface area contributed by atoms with Crippen molar-refractivity contribution >= 4 is 29.0 Å². The van der Waals surface area contributed by atoms with Gasteiger partial charge in [0, 0.05) is 0 Å². The predicted molar refractivity (Wildman–Crippen MR) is 31.7 cm³/mol. The Bertz CT molecular complexity index is 71.5. The summed E-state index contributed by atoms with van der Waals surface area (Å²) in [6.07, 6.45) is 0. The summed E-state index contributed by atoms with van der Waals surface area (Å²) in [4.78, 5) is 9.94. The second-order valence-corrected chi connectivity index (χ2v) is 0.963. The molecule has 0 bridgehead atoms. The van der Waals surface area contributed by atoms with Crippen molar-refractivity contribution in [3.05, 3.63) is 0 Å². The van der Waals surface area contributed by atoms with E-state index in [4.69, 9.17) is 5.11 Å². The molecule has 0 rings (SSSR count). The fourth-order valence-corrected chi connectivity index (χ4v) is 0.207. The molecule has 0 saturated heterocycles. The maximum Gasteiger partial charge on any atom is 2.00 e. The number of aliphatic hydroxyl groups excluding tert-OH is 1. The molecule has 3 nitrogen and oxygen atoms in total. The van der Waals surface area contributed by atoms with Crippen LogP contribution in [0.3, 0.4) is 0 Å². The van der Waals surface area contributed by atoms with Gasteiger partial charge in [0.2, 0.25) is 0 Å². The van der Waals surface area contributed by atoms with E-state index >= 15 is 0 Å². The summed E-state index contributed by atoms with van der Waals surface area (Å²) in [6, 6.07) is 0. The van der Waals surface area contributed by atoms with Crippen LogP contribution in [0.2, 0.25) is 0 Å². The molecule has 0 aliphatic heterocycles. The summed E-state index contributed by atoms with van der Waals surface area (Å²) in [5, 5.41) is 7.99. The molecule has 0 aromatic heterocycles. The van der Waals surface area contributed by atoms with Gasteiger partial charge in [0.25, 0.3) is 0 Å². The van der Waals surface area contributed by atoms with Gasteiger partial charge < -0.3 is 12.7 Å². The number of aliphatic hydroxyl groups is 1. The number of hydrogen-bond acceptors (Lipinski definition) is 3. The first-order valence-electron chi connectivity index (χ1n) is 2.07. The van der Waals surface area contributed by atoms with Crippen LogP contribution in [-0.2, 0) is 9.53 Å². The van der Waals surface area contributed by atoms with Gasteiger partial charge in [-0.25, -0.2) is 4.79 Å². The Morgan fingerprint density at radius 1 is 1.88 bits per heavy atom. The van der Waals surface area contributed by atoms with Gasteiger partial charge in [0.1, 0.15) is 6.61 Å². The molecule has 0 unspecified atom stereocenters. The number of esters is 1. The monoisotopic (exact) mass is 130 g/mol. The summed E-state index contributed by atoms with van der Waals surface area (Å²) in [5.41, 5.74) is 0. The van der Waals surface area contributed by atoms with Crippen LogP contribution in [0.5, 0.6) is 0 Å². The molecule has 0 aliphatic rings. The average molecular weight is 130 g/mol. The summed E-state index contributed by atoms with van der Waals surface area (Å²) in [5.74, 6) is -0.567. The molecule has 1 N–H and O–H groups in total. The van der Waals surface area contributed by atoms with Crippen LogP contribution >= 0.6 is 0 Å². The van der Waals surface area contributed by atoms with Crippen LogP contribution in [0.15, 0.2) is 0 Å². The van der Waals surface area contributed by atoms with Crippen LogP contribution in [0.25, 0.3) is 0 Å². The van der Waals surface area contributed by atoms with E-state index in [0.29, 0.717) is 6.61 Å². The Kier molecular flexibility index (Phi) is 9.94. The molecule has 0 amide bonds. The number of rotatable bonds is 2. The fourth-order valence-electron chi connectivity index (χ4n) is 0.207. The Morgan fingerprint density at radius 2 is 2.38 bits per heavy atom. The third kappa shape index (κ3) is 6.20. The van der Waals surface area contributed by atoms with Crippen LogP contribution in [-0.4, -0.2) is 47.3 Å². The SMILES string of the molecule is CCOC(=O)CO.[H-].[H-].[Mg+2]. The van der Waals surface area contributed by atoms with E-state index in [-0.39, 0.29) is 25.9 Å². The van der Waals surface area contributed by atoms with Crippen molar-refractivity contribution in [2.45, 2.75) is 6.92 Å². The maximum atomic E-state index is 9.94. The molecule has 8 heavy (non-hydrogen) atoms. The van der Waals surface area contributed by atoms with E-state index in [1.807, 2.05) is 0 Å². The van der Waals surface area contributed by atoms with E-state index in [1.54, 1.807) is 6.92 Å². The zero-order chi connectivity index (χ0) is 5.70. The quantitative estimate of drug-likeness (QED) is 0.401. The van der Waals surface area contributed by atoms with Crippen molar-refractivity contribution in [3.63, 3.8) is 0 Å². The number of ether oxygens (including phenoxy) is 1. The van der Waals surface area contributed by atoms with Gasteiger partial charge in [-0.15, -0.1) is 0 Å². The molecular formula is C4H10MgO3. The Morgan fingerprint density at radius 3 is 2.50 bits per heavy atom. The molecule has 0 aliphatic carbocycles. The Labute approximate surface area is 67.1 Å². The molecule has 0 atom stereocenters. The smallest absolute Gasteiger partial charge is 1.00 e. The maximum absolute atomic E-state index is 9.94. The van der Waals surface area contributed by atoms with Crippen molar-refractivity contribution < 1.29 is 17.5 Å². The number of carbonyl (C=O) groups excluding carboxylic acids is 1. The summed E-state index contributed by atoms with van der Waals surface area (Å²) < 4.78 is 4.30. The van der Waals surface area contributed by atoms with Gasteiger partial charge >= 0.3 is 29.0 Å². The molecule has 0 aromatic carbocycles. The number of carbonyl (C=O) groups is 1. The summed E-state index contributed by atoms with van der Waals surface area (Å²) in [7, 11) is 0. The van der Waals surface area contributed by atoms with Crippen molar-refractivity contribution in [2.24, 2.45) is 0 Å². The Balaban J connectivity index is -0.0000000600. The van der Waals surface area contributed by atoms with Crippen molar-refractivity contribution in [2.75, 3.05) is 13.2 Å². The van der Waals surface area contributed by atoms with E-state index in [0.717, 1.165) is 0 Å². The molecule has 0 aromatic rings. The second kappa shape index (κ2) is 7.20. The number of hydrogen-bond donors (Lipinski definition) is 1. The van der Waals surface area contributed by atoms with E-state index in [1.165, 1.54) is 0 Å². The van der Waals surface area contributed by atoms with Gasteiger partial charge in [-0.05, 0) is 6.92 Å². The van der Waals surface area contributed by atoms with Gasteiger partial charge in [0.05, 0.1) is 6.61 Å². The molecule has 0 saturated carbocycles. The Hall–Kier alpha value is 0.196. The molecule has 0 radical (unpaired) electrons. The largest absolute Gasteiger partial charge is 2.00 e. The van der Waals surface area contributed by atoms with Crippen molar-refractivity contribution in [1.29, 1.82) is 0 Å². The minimum atomic E-state index is -0.567. The van der Waals surface area contributed by atoms with Gasteiger partial charge in [-0.3, -0.25) is 0 Å². The first-order valence-corrected chi connectivity index (χ1v) is 2.07. The van der Waals surface area contributed by atoms with E-state index in [2.05, 4.69) is 4.74 Å². The summed E-state index contributed by atoms with van der Waals surface area (Å²) in [6.45, 7) is 1.50. The van der Waals surface area contributed by atoms with Crippen LogP contribution in [0.4, 0.5) is 0 Å². The van der Waals surface area contributed by atoms with Crippen LogP contribution in [0, 0.1) is 0 Å². The molecular weight excluding hydrogens is 120 g/mol. The standard InChI is InChI=1S/C4H8O3.Mg.2H/c1-2-7-4(6)3-5;;;/h5H,2-3H2,1H3;;;/q;+2;2*-1. The average Bonchev–Trinajstić information content (AvgIpc) is 1.68. The minimum Gasteiger partial charge on any atom is -1.00 e. The minimum absolute atomic E-state index is 0. The van der Waals surface area contributed by atoms with Crippen molar-refractivity contribution in [3.8, 4) is 0 Å². The molecule has 0 heterocycles. The van der Waals surface area contributed by atoms with Gasteiger partial charge in [-0.1, -0.05) is 0 Å². The predicted octanol–water partition coefficient (Wildman–Crippen LogP) is -0.614. The normalized spacial score (nSPS) is 7.25. The zero-order valence-electron chi connectivity index (χ0n) is 6.89. The second-order valence-electron chi connectivity index (χ2n) is 0.963. The first kappa shape index (κ1) is 11.1.